The predicted molar refractivity (Wildman–Crippen MR) is 83.4 cm³/mol. The van der Waals surface area contributed by atoms with Crippen molar-refractivity contribution in [3.8, 4) is 5.75 Å². The van der Waals surface area contributed by atoms with Crippen molar-refractivity contribution in [1.29, 1.82) is 0 Å². The van der Waals surface area contributed by atoms with E-state index in [1.54, 1.807) is 32.0 Å². The van der Waals surface area contributed by atoms with E-state index in [9.17, 15) is 14.4 Å². The monoisotopic (exact) mass is 300 g/mol. The second-order valence-corrected chi connectivity index (χ2v) is 6.47. The summed E-state index contributed by atoms with van der Waals surface area (Å²) >= 11 is 0. The fraction of sp³-hybridized carbons (Fsp3) is 0.389. The summed E-state index contributed by atoms with van der Waals surface area (Å²) < 4.78 is 5.69. The van der Waals surface area contributed by atoms with Gasteiger partial charge in [0, 0.05) is 16.6 Å². The Kier molecular flexibility index (Phi) is 4.31. The molecule has 1 aliphatic carbocycles. The van der Waals surface area contributed by atoms with Gasteiger partial charge < -0.3 is 9.53 Å². The van der Waals surface area contributed by atoms with Crippen molar-refractivity contribution in [2.24, 2.45) is 11.3 Å². The van der Waals surface area contributed by atoms with Gasteiger partial charge in [-0.05, 0) is 31.9 Å². The molecule has 116 valence electrons. The largest absolute Gasteiger partial charge is 0.493 e. The van der Waals surface area contributed by atoms with Gasteiger partial charge in [0.25, 0.3) is 0 Å². The van der Waals surface area contributed by atoms with E-state index < -0.39 is 5.41 Å². The van der Waals surface area contributed by atoms with E-state index in [2.05, 4.69) is 0 Å². The minimum atomic E-state index is -1.00. The first-order chi connectivity index (χ1) is 10.3. The SMILES string of the molecule is CC(C)COc1cccc2c1C(=O)C(C(C)(C)C=O)=CC2=O. The maximum atomic E-state index is 12.8. The molecule has 2 rings (SSSR count). The Morgan fingerprint density at radius 3 is 2.50 bits per heavy atom. The van der Waals surface area contributed by atoms with E-state index >= 15 is 0 Å². The van der Waals surface area contributed by atoms with Gasteiger partial charge in [0.15, 0.2) is 11.6 Å². The molecule has 0 atom stereocenters. The van der Waals surface area contributed by atoms with Crippen molar-refractivity contribution in [2.75, 3.05) is 6.61 Å². The lowest BCUT2D eigenvalue weighted by Crippen LogP contribution is -2.29. The molecule has 0 amide bonds. The molecule has 1 aliphatic rings. The molecule has 0 heterocycles. The molecule has 0 unspecified atom stereocenters. The fourth-order valence-electron chi connectivity index (χ4n) is 2.30. The highest BCUT2D eigenvalue weighted by Crippen LogP contribution is 2.36. The van der Waals surface area contributed by atoms with Gasteiger partial charge in [-0.25, -0.2) is 0 Å². The van der Waals surface area contributed by atoms with Crippen LogP contribution in [-0.2, 0) is 4.79 Å². The second-order valence-electron chi connectivity index (χ2n) is 6.47. The molecule has 0 saturated heterocycles. The molecule has 0 bridgehead atoms. The van der Waals surface area contributed by atoms with Crippen LogP contribution in [0.25, 0.3) is 0 Å². The highest BCUT2D eigenvalue weighted by atomic mass is 16.5. The van der Waals surface area contributed by atoms with Crippen molar-refractivity contribution in [2.45, 2.75) is 27.7 Å². The molecule has 1 aromatic carbocycles. The van der Waals surface area contributed by atoms with E-state index in [0.717, 1.165) is 0 Å². The summed E-state index contributed by atoms with van der Waals surface area (Å²) in [5.74, 6) is 0.115. The van der Waals surface area contributed by atoms with Crippen LogP contribution in [0.5, 0.6) is 5.75 Å². The zero-order chi connectivity index (χ0) is 16.5. The molecule has 4 heteroatoms. The fourth-order valence-corrected chi connectivity index (χ4v) is 2.30. The Morgan fingerprint density at radius 2 is 1.91 bits per heavy atom. The van der Waals surface area contributed by atoms with Crippen molar-refractivity contribution >= 4 is 17.9 Å². The highest BCUT2D eigenvalue weighted by molar-refractivity contribution is 6.26. The lowest BCUT2D eigenvalue weighted by molar-refractivity contribution is -0.113. The number of carbonyl (C=O) groups is 3. The zero-order valence-electron chi connectivity index (χ0n) is 13.3. The van der Waals surface area contributed by atoms with Gasteiger partial charge >= 0.3 is 0 Å². The van der Waals surface area contributed by atoms with Crippen LogP contribution in [0.2, 0.25) is 0 Å². The average Bonchev–Trinajstić information content (AvgIpc) is 2.48. The minimum absolute atomic E-state index is 0.209. The second kappa shape index (κ2) is 5.87. The summed E-state index contributed by atoms with van der Waals surface area (Å²) in [6, 6.07) is 4.99. The van der Waals surface area contributed by atoms with Gasteiger partial charge in [0.2, 0.25) is 0 Å². The molecule has 0 spiro atoms. The summed E-state index contributed by atoms with van der Waals surface area (Å²) in [4.78, 5) is 36.3. The van der Waals surface area contributed by atoms with Gasteiger partial charge in [-0.1, -0.05) is 26.0 Å². The smallest absolute Gasteiger partial charge is 0.194 e. The van der Waals surface area contributed by atoms with Gasteiger partial charge in [-0.3, -0.25) is 9.59 Å². The number of Topliss-reactive ketones (excluding diaryl/α,β-unsaturated/α-hetero) is 1. The number of hydrogen-bond donors (Lipinski definition) is 0. The van der Waals surface area contributed by atoms with Crippen molar-refractivity contribution < 1.29 is 19.1 Å². The number of hydrogen-bond acceptors (Lipinski definition) is 4. The van der Waals surface area contributed by atoms with Crippen LogP contribution >= 0.6 is 0 Å². The van der Waals surface area contributed by atoms with Crippen molar-refractivity contribution in [1.82, 2.24) is 0 Å². The number of aldehydes is 1. The van der Waals surface area contributed by atoms with Gasteiger partial charge in [-0.2, -0.15) is 0 Å². The third kappa shape index (κ3) is 2.86. The standard InChI is InChI=1S/C18H20O4/c1-11(2)9-22-15-7-5-6-12-14(20)8-13(17(21)16(12)15)18(3,4)10-19/h5-8,10-11H,9H2,1-4H3. The Bertz CT molecular complexity index is 666. The Hall–Kier alpha value is -2.23. The third-order valence-electron chi connectivity index (χ3n) is 3.60. The van der Waals surface area contributed by atoms with Crippen LogP contribution in [-0.4, -0.2) is 24.5 Å². The zero-order valence-corrected chi connectivity index (χ0v) is 13.3. The molecule has 0 saturated carbocycles. The predicted octanol–water partition coefficient (Wildman–Crippen LogP) is 3.25. The topological polar surface area (TPSA) is 60.4 Å². The van der Waals surface area contributed by atoms with Gasteiger partial charge in [-0.15, -0.1) is 0 Å². The molecule has 0 N–H and O–H groups in total. The molecule has 22 heavy (non-hydrogen) atoms. The molecule has 0 radical (unpaired) electrons. The molecule has 0 aromatic heterocycles. The number of allylic oxidation sites excluding steroid dienone is 2. The molecule has 0 aliphatic heterocycles. The van der Waals surface area contributed by atoms with Crippen LogP contribution in [0.15, 0.2) is 29.8 Å². The van der Waals surface area contributed by atoms with Crippen molar-refractivity contribution in [3.05, 3.63) is 41.0 Å². The highest BCUT2D eigenvalue weighted by Gasteiger charge is 2.36. The number of rotatable bonds is 5. The van der Waals surface area contributed by atoms with E-state index in [0.29, 0.717) is 30.1 Å². The van der Waals surface area contributed by atoms with Crippen LogP contribution < -0.4 is 4.74 Å². The average molecular weight is 300 g/mol. The van der Waals surface area contributed by atoms with Gasteiger partial charge in [0.1, 0.15) is 12.0 Å². The minimum Gasteiger partial charge on any atom is -0.493 e. The summed E-state index contributed by atoms with van der Waals surface area (Å²) in [6.45, 7) is 7.71. The first-order valence-corrected chi connectivity index (χ1v) is 7.31. The molecular formula is C18H20O4. The van der Waals surface area contributed by atoms with E-state index in [1.165, 1.54) is 6.08 Å². The van der Waals surface area contributed by atoms with E-state index in [-0.39, 0.29) is 22.7 Å². The van der Waals surface area contributed by atoms with Crippen molar-refractivity contribution in [3.63, 3.8) is 0 Å². The normalized spacial score (nSPS) is 14.7. The van der Waals surface area contributed by atoms with E-state index in [1.807, 2.05) is 13.8 Å². The van der Waals surface area contributed by atoms with Crippen LogP contribution in [0.3, 0.4) is 0 Å². The first kappa shape index (κ1) is 16.1. The van der Waals surface area contributed by atoms with E-state index in [4.69, 9.17) is 4.74 Å². The molecular weight excluding hydrogens is 280 g/mol. The van der Waals surface area contributed by atoms with Crippen LogP contribution in [0, 0.1) is 11.3 Å². The maximum Gasteiger partial charge on any atom is 0.194 e. The summed E-state index contributed by atoms with van der Waals surface area (Å²) in [6.07, 6.45) is 1.96. The number of carbonyl (C=O) groups excluding carboxylic acids is 3. The molecule has 0 fully saturated rings. The summed E-state index contributed by atoms with van der Waals surface area (Å²) in [5.41, 5.74) is -0.201. The lowest BCUT2D eigenvalue weighted by atomic mass is 9.76. The first-order valence-electron chi connectivity index (χ1n) is 7.31. The molecule has 4 nitrogen and oxygen atoms in total. The summed E-state index contributed by atoms with van der Waals surface area (Å²) in [5, 5.41) is 0. The van der Waals surface area contributed by atoms with Crippen LogP contribution in [0.1, 0.15) is 48.4 Å². The maximum absolute atomic E-state index is 12.8. The van der Waals surface area contributed by atoms with Crippen LogP contribution in [0.4, 0.5) is 0 Å². The Labute approximate surface area is 130 Å². The summed E-state index contributed by atoms with van der Waals surface area (Å²) in [7, 11) is 0. The molecule has 1 aromatic rings. The quantitative estimate of drug-likeness (QED) is 0.783. The number of ether oxygens (including phenoxy) is 1. The lowest BCUT2D eigenvalue weighted by Gasteiger charge is -2.25. The Morgan fingerprint density at radius 1 is 1.23 bits per heavy atom. The number of fused-ring (bicyclic) bond motifs is 1. The third-order valence-corrected chi connectivity index (χ3v) is 3.60. The number of ketones is 2. The Balaban J connectivity index is 2.52. The number of benzene rings is 1. The van der Waals surface area contributed by atoms with Gasteiger partial charge in [0.05, 0.1) is 12.2 Å².